The predicted molar refractivity (Wildman–Crippen MR) is 122 cm³/mol. The molecule has 8 N–H and O–H groups in total. The van der Waals surface area contributed by atoms with Crippen LogP contribution >= 0.6 is 21.6 Å². The molecule has 0 aliphatic heterocycles. The molecule has 0 unspecified atom stereocenters. The molecule has 0 aromatic carbocycles. The number of hydrogen-bond acceptors (Lipinski definition) is 12. The summed E-state index contributed by atoms with van der Waals surface area (Å²) >= 11 is 0. The summed E-state index contributed by atoms with van der Waals surface area (Å²) in [4.78, 5) is 49.6. The van der Waals surface area contributed by atoms with Crippen LogP contribution in [0.1, 0.15) is 0 Å². The maximum absolute atomic E-state index is 11.9. The van der Waals surface area contributed by atoms with E-state index >= 15 is 0 Å². The van der Waals surface area contributed by atoms with Crippen LogP contribution in [0.5, 0.6) is 0 Å². The lowest BCUT2D eigenvalue weighted by Crippen LogP contribution is -2.42. The monoisotopic (exact) mass is 494 g/mol. The summed E-state index contributed by atoms with van der Waals surface area (Å²) < 4.78 is 9.29. The van der Waals surface area contributed by atoms with Gasteiger partial charge >= 0.3 is 23.9 Å². The fourth-order valence-corrected chi connectivity index (χ4v) is 3.96. The van der Waals surface area contributed by atoms with E-state index in [1.807, 2.05) is 0 Å². The highest BCUT2D eigenvalue weighted by molar-refractivity contribution is 8.76. The van der Waals surface area contributed by atoms with Gasteiger partial charge in [-0.05, 0) is 0 Å². The molecule has 14 nitrogen and oxygen atoms in total. The summed E-state index contributed by atoms with van der Waals surface area (Å²) in [6.07, 6.45) is 0. The molecule has 2 atom stereocenters. The van der Waals surface area contributed by atoms with E-state index in [-0.39, 0.29) is 36.5 Å². The molecule has 0 amide bonds. The fourth-order valence-electron chi connectivity index (χ4n) is 1.75. The lowest BCUT2D eigenvalue weighted by molar-refractivity contribution is -0.162. The number of guanidine groups is 2. The van der Waals surface area contributed by atoms with Crippen molar-refractivity contribution in [2.75, 3.05) is 52.8 Å². The Balaban J connectivity index is 4.21. The van der Waals surface area contributed by atoms with E-state index in [1.165, 1.54) is 38.0 Å². The zero-order valence-electron chi connectivity index (χ0n) is 18.3. The molecular weight excluding hydrogens is 464 g/mol. The Kier molecular flexibility index (Phi) is 14.1. The summed E-state index contributed by atoms with van der Waals surface area (Å²) in [5.74, 6) is -3.42. The van der Waals surface area contributed by atoms with E-state index in [4.69, 9.17) is 22.3 Å². The number of rotatable bonds is 11. The first kappa shape index (κ1) is 29.4. The Morgan fingerprint density at radius 2 is 1.12 bits per heavy atom. The van der Waals surface area contributed by atoms with Crippen LogP contribution in [-0.4, -0.2) is 110 Å². The third-order valence-electron chi connectivity index (χ3n) is 3.58. The molecule has 0 aromatic rings. The molecule has 182 valence electrons. The van der Waals surface area contributed by atoms with Gasteiger partial charge in [0.25, 0.3) is 0 Å². The molecular formula is C16H30N8O6S2. The van der Waals surface area contributed by atoms with Gasteiger partial charge in [0, 0.05) is 39.7 Å². The normalized spacial score (nSPS) is 12.1. The second-order valence-electron chi connectivity index (χ2n) is 6.28. The van der Waals surface area contributed by atoms with Crippen LogP contribution in [0.3, 0.4) is 0 Å². The highest BCUT2D eigenvalue weighted by atomic mass is 33.1. The molecule has 0 aliphatic rings. The summed E-state index contributed by atoms with van der Waals surface area (Å²) in [5, 5.41) is 20.0. The van der Waals surface area contributed by atoms with Crippen molar-refractivity contribution in [1.82, 2.24) is 20.4 Å². The maximum atomic E-state index is 11.9. The second kappa shape index (κ2) is 15.3. The molecule has 0 aliphatic carbocycles. The van der Waals surface area contributed by atoms with Gasteiger partial charge in [0.1, 0.15) is 25.2 Å². The Labute approximate surface area is 193 Å². The van der Waals surface area contributed by atoms with Gasteiger partial charge in [-0.25, -0.2) is 19.2 Å². The lowest BCUT2D eigenvalue weighted by Gasteiger charge is -2.18. The summed E-state index contributed by atoms with van der Waals surface area (Å²) in [6.45, 7) is -0.608. The molecule has 0 saturated carbocycles. The number of hydrogen-bond donors (Lipinski definition) is 6. The van der Waals surface area contributed by atoms with Crippen molar-refractivity contribution in [3.8, 4) is 0 Å². The summed E-state index contributed by atoms with van der Waals surface area (Å²) in [7, 11) is 8.24. The predicted octanol–water partition coefficient (Wildman–Crippen LogP) is -2.67. The Morgan fingerprint density at radius 1 is 0.812 bits per heavy atom. The van der Waals surface area contributed by atoms with E-state index in [9.17, 15) is 19.2 Å². The van der Waals surface area contributed by atoms with E-state index in [0.29, 0.717) is 0 Å². The van der Waals surface area contributed by atoms with E-state index in [1.54, 1.807) is 0 Å². The topological polar surface area (TPSA) is 217 Å². The van der Waals surface area contributed by atoms with Crippen LogP contribution in [0.2, 0.25) is 0 Å². The molecule has 0 heterocycles. The fraction of sp³-hybridized carbons (Fsp3) is 0.625. The Hall–Kier alpha value is -2.56. The standard InChI is InChI=1S/C16H30N8O6S2/c1-21-15(19)23(3)5-11(25)29-13(27)9(17)7-31-32-8-10(18)14(28)30-12(26)6-24(4)16(20)22-2/h9-10H,5-8,17-18H2,1-4H3,(H2,19,21)(H2,20,22)/t9-,10-/m0/s1. The van der Waals surface area contributed by atoms with Crippen LogP contribution in [0, 0.1) is 10.8 Å². The molecule has 0 bridgehead atoms. The van der Waals surface area contributed by atoms with Crippen molar-refractivity contribution in [2.24, 2.45) is 11.5 Å². The van der Waals surface area contributed by atoms with Gasteiger partial charge in [-0.15, -0.1) is 0 Å². The van der Waals surface area contributed by atoms with Gasteiger partial charge in [-0.2, -0.15) is 0 Å². The number of nitrogens with two attached hydrogens (primary N) is 2. The molecule has 16 heteroatoms. The molecule has 0 radical (unpaired) electrons. The molecule has 32 heavy (non-hydrogen) atoms. The molecule has 0 spiro atoms. The first-order valence-electron chi connectivity index (χ1n) is 9.12. The highest BCUT2D eigenvalue weighted by Gasteiger charge is 2.23. The smallest absolute Gasteiger partial charge is 0.333 e. The quantitative estimate of drug-likeness (QED) is 0.0431. The van der Waals surface area contributed by atoms with Gasteiger partial charge in [0.15, 0.2) is 11.9 Å². The van der Waals surface area contributed by atoms with Crippen molar-refractivity contribution >= 4 is 57.4 Å². The summed E-state index contributed by atoms with van der Waals surface area (Å²) in [5.41, 5.74) is 11.4. The van der Waals surface area contributed by atoms with Crippen molar-refractivity contribution in [1.29, 1.82) is 10.8 Å². The van der Waals surface area contributed by atoms with Crippen molar-refractivity contribution in [2.45, 2.75) is 12.1 Å². The zero-order chi connectivity index (χ0) is 24.8. The first-order valence-corrected chi connectivity index (χ1v) is 11.6. The maximum Gasteiger partial charge on any atom is 0.333 e. The van der Waals surface area contributed by atoms with E-state index < -0.39 is 36.0 Å². The van der Waals surface area contributed by atoms with Crippen LogP contribution < -0.4 is 22.1 Å². The van der Waals surface area contributed by atoms with Gasteiger partial charge in [0.2, 0.25) is 0 Å². The van der Waals surface area contributed by atoms with Crippen LogP contribution in [-0.2, 0) is 28.7 Å². The van der Waals surface area contributed by atoms with E-state index in [2.05, 4.69) is 20.1 Å². The Morgan fingerprint density at radius 3 is 1.41 bits per heavy atom. The third-order valence-corrected chi connectivity index (χ3v) is 6.06. The lowest BCUT2D eigenvalue weighted by atomic mass is 10.4. The van der Waals surface area contributed by atoms with Gasteiger partial charge in [0.05, 0.1) is 0 Å². The minimum absolute atomic E-state index is 0.0216. The minimum atomic E-state index is -1.09. The van der Waals surface area contributed by atoms with Crippen molar-refractivity contribution in [3.63, 3.8) is 0 Å². The van der Waals surface area contributed by atoms with Crippen LogP contribution in [0.15, 0.2) is 0 Å². The summed E-state index contributed by atoms with van der Waals surface area (Å²) in [6, 6.07) is -2.18. The molecule has 0 fully saturated rings. The third kappa shape index (κ3) is 11.7. The molecule has 0 saturated heterocycles. The number of nitrogens with zero attached hydrogens (tertiary/aromatic N) is 2. The van der Waals surface area contributed by atoms with Crippen LogP contribution in [0.25, 0.3) is 0 Å². The highest BCUT2D eigenvalue weighted by Crippen LogP contribution is 2.22. The largest absolute Gasteiger partial charge is 0.391 e. The SMILES string of the molecule is CNC(=N)N(C)CC(=O)OC(=O)[C@@H](N)CSSC[C@H](N)C(=O)OC(=O)CN(C)C(=N)NC. The van der Waals surface area contributed by atoms with Crippen molar-refractivity contribution in [3.05, 3.63) is 0 Å². The van der Waals surface area contributed by atoms with Gasteiger partial charge < -0.3 is 41.4 Å². The number of ether oxygens (including phenoxy) is 2. The zero-order valence-corrected chi connectivity index (χ0v) is 19.9. The van der Waals surface area contributed by atoms with Gasteiger partial charge in [-0.3, -0.25) is 10.8 Å². The minimum Gasteiger partial charge on any atom is -0.391 e. The van der Waals surface area contributed by atoms with E-state index in [0.717, 1.165) is 21.6 Å². The average Bonchev–Trinajstić information content (AvgIpc) is 2.74. The first-order chi connectivity index (χ1) is 14.9. The number of nitrogens with one attached hydrogen (secondary N) is 4. The number of esters is 4. The second-order valence-corrected chi connectivity index (χ2v) is 8.83. The van der Waals surface area contributed by atoms with Crippen LogP contribution in [0.4, 0.5) is 0 Å². The number of carbonyl (C=O) groups is 4. The van der Waals surface area contributed by atoms with Crippen molar-refractivity contribution < 1.29 is 28.7 Å². The number of likely N-dealkylation sites (N-methyl/N-ethyl adjacent to an activating group) is 2. The molecule has 0 aromatic heterocycles. The Bertz CT molecular complexity index is 652. The average molecular weight is 495 g/mol. The molecule has 0 rings (SSSR count). The van der Waals surface area contributed by atoms with Gasteiger partial charge in [-0.1, -0.05) is 21.6 Å². The number of carbonyl (C=O) groups excluding carboxylic acids is 4.